The van der Waals surface area contributed by atoms with E-state index in [9.17, 15) is 18.0 Å². The number of carbonyl (C=O) groups excluding carboxylic acids is 1. The molecule has 122 valence electrons. The van der Waals surface area contributed by atoms with Gasteiger partial charge in [-0.3, -0.25) is 4.79 Å². The summed E-state index contributed by atoms with van der Waals surface area (Å²) in [4.78, 5) is 11.9. The maximum atomic E-state index is 12.0. The lowest BCUT2D eigenvalue weighted by Crippen LogP contribution is -2.29. The summed E-state index contributed by atoms with van der Waals surface area (Å²) in [5.74, 6) is 0.0870. The third kappa shape index (κ3) is 5.22. The minimum atomic E-state index is -4.35. The standard InChI is InChI=1S/C15H19F3N2O2/c16-15(17,18)9-22-13-5-1-10(2-6-13)8-20-14(21)11-3-4-12(19)7-11/h1-2,5-6,11-12H,3-4,7-9,19H2,(H,20,21). The first-order valence-corrected chi connectivity index (χ1v) is 7.15. The van der Waals surface area contributed by atoms with Gasteiger partial charge in [-0.25, -0.2) is 0 Å². The van der Waals surface area contributed by atoms with Crippen molar-refractivity contribution in [3.05, 3.63) is 29.8 Å². The molecule has 0 heterocycles. The molecule has 1 aliphatic carbocycles. The van der Waals surface area contributed by atoms with Crippen LogP contribution < -0.4 is 15.8 Å². The Labute approximate surface area is 126 Å². The highest BCUT2D eigenvalue weighted by Gasteiger charge is 2.28. The molecule has 0 aliphatic heterocycles. The third-order valence-corrected chi connectivity index (χ3v) is 3.64. The van der Waals surface area contributed by atoms with Crippen molar-refractivity contribution in [2.24, 2.45) is 11.7 Å². The van der Waals surface area contributed by atoms with Crippen LogP contribution in [0.2, 0.25) is 0 Å². The second-order valence-electron chi connectivity index (χ2n) is 5.54. The molecule has 0 radical (unpaired) electrons. The van der Waals surface area contributed by atoms with Crippen LogP contribution in [-0.2, 0) is 11.3 Å². The first-order chi connectivity index (χ1) is 10.3. The average molecular weight is 316 g/mol. The number of halogens is 3. The van der Waals surface area contributed by atoms with Gasteiger partial charge in [0.25, 0.3) is 0 Å². The van der Waals surface area contributed by atoms with Gasteiger partial charge in [-0.05, 0) is 37.0 Å². The monoisotopic (exact) mass is 316 g/mol. The van der Waals surface area contributed by atoms with Gasteiger partial charge in [0.2, 0.25) is 5.91 Å². The van der Waals surface area contributed by atoms with E-state index in [1.807, 2.05) is 0 Å². The van der Waals surface area contributed by atoms with E-state index in [1.54, 1.807) is 12.1 Å². The van der Waals surface area contributed by atoms with E-state index in [-0.39, 0.29) is 23.6 Å². The summed E-state index contributed by atoms with van der Waals surface area (Å²) in [7, 11) is 0. The highest BCUT2D eigenvalue weighted by atomic mass is 19.4. The first-order valence-electron chi connectivity index (χ1n) is 7.15. The van der Waals surface area contributed by atoms with E-state index < -0.39 is 12.8 Å². The van der Waals surface area contributed by atoms with Crippen LogP contribution in [0.5, 0.6) is 5.75 Å². The van der Waals surface area contributed by atoms with Crippen molar-refractivity contribution in [2.45, 2.75) is 38.0 Å². The minimum Gasteiger partial charge on any atom is -0.484 e. The summed E-state index contributed by atoms with van der Waals surface area (Å²) < 4.78 is 40.7. The lowest BCUT2D eigenvalue weighted by atomic mass is 10.1. The maximum Gasteiger partial charge on any atom is 0.422 e. The maximum absolute atomic E-state index is 12.0. The smallest absolute Gasteiger partial charge is 0.422 e. The molecule has 4 nitrogen and oxygen atoms in total. The van der Waals surface area contributed by atoms with Crippen LogP contribution in [0, 0.1) is 5.92 Å². The topological polar surface area (TPSA) is 64.4 Å². The molecule has 22 heavy (non-hydrogen) atoms. The summed E-state index contributed by atoms with van der Waals surface area (Å²) in [6.45, 7) is -0.977. The van der Waals surface area contributed by atoms with Crippen molar-refractivity contribution in [1.82, 2.24) is 5.32 Å². The molecule has 0 bridgehead atoms. The molecule has 2 rings (SSSR count). The Morgan fingerprint density at radius 2 is 1.95 bits per heavy atom. The minimum absolute atomic E-state index is 0.0228. The molecule has 0 saturated heterocycles. The number of amides is 1. The zero-order valence-corrected chi connectivity index (χ0v) is 12.0. The fraction of sp³-hybridized carbons (Fsp3) is 0.533. The van der Waals surface area contributed by atoms with E-state index in [1.165, 1.54) is 12.1 Å². The molecule has 0 aromatic heterocycles. The van der Waals surface area contributed by atoms with Crippen molar-refractivity contribution in [3.8, 4) is 5.75 Å². The van der Waals surface area contributed by atoms with Gasteiger partial charge in [0.15, 0.2) is 6.61 Å². The van der Waals surface area contributed by atoms with Crippen molar-refractivity contribution in [3.63, 3.8) is 0 Å². The van der Waals surface area contributed by atoms with Crippen molar-refractivity contribution < 1.29 is 22.7 Å². The van der Waals surface area contributed by atoms with E-state index in [0.29, 0.717) is 13.0 Å². The molecule has 1 amide bonds. The zero-order chi connectivity index (χ0) is 16.2. The largest absolute Gasteiger partial charge is 0.484 e. The Hall–Kier alpha value is -1.76. The number of nitrogens with one attached hydrogen (secondary N) is 1. The van der Waals surface area contributed by atoms with E-state index in [2.05, 4.69) is 10.1 Å². The van der Waals surface area contributed by atoms with Crippen LogP contribution in [0.3, 0.4) is 0 Å². The van der Waals surface area contributed by atoms with Crippen LogP contribution in [0.1, 0.15) is 24.8 Å². The van der Waals surface area contributed by atoms with Crippen LogP contribution in [0.25, 0.3) is 0 Å². The predicted molar refractivity (Wildman–Crippen MR) is 75.2 cm³/mol. The highest BCUT2D eigenvalue weighted by Crippen LogP contribution is 2.24. The summed E-state index contributed by atoms with van der Waals surface area (Å²) in [6.07, 6.45) is -1.98. The second-order valence-corrected chi connectivity index (χ2v) is 5.54. The number of hydrogen-bond acceptors (Lipinski definition) is 3. The Morgan fingerprint density at radius 3 is 2.50 bits per heavy atom. The molecule has 2 atom stereocenters. The molecule has 1 saturated carbocycles. The molecule has 1 aromatic carbocycles. The lowest BCUT2D eigenvalue weighted by Gasteiger charge is -2.12. The molecule has 1 fully saturated rings. The Bertz CT molecular complexity index is 503. The van der Waals surface area contributed by atoms with Crippen LogP contribution in [0.4, 0.5) is 13.2 Å². The normalized spacial score (nSPS) is 21.6. The van der Waals surface area contributed by atoms with Crippen LogP contribution in [0.15, 0.2) is 24.3 Å². The number of hydrogen-bond donors (Lipinski definition) is 2. The van der Waals surface area contributed by atoms with E-state index >= 15 is 0 Å². The second kappa shape index (κ2) is 7.00. The molecular formula is C15H19F3N2O2. The molecule has 0 spiro atoms. The fourth-order valence-electron chi connectivity index (χ4n) is 2.46. The van der Waals surface area contributed by atoms with Gasteiger partial charge in [-0.1, -0.05) is 12.1 Å². The number of rotatable bonds is 5. The first kappa shape index (κ1) is 16.6. The summed E-state index contributed by atoms with van der Waals surface area (Å²) >= 11 is 0. The SMILES string of the molecule is NC1CCC(C(=O)NCc2ccc(OCC(F)(F)F)cc2)C1. The van der Waals surface area contributed by atoms with Gasteiger partial charge < -0.3 is 15.8 Å². The Kier molecular flexibility index (Phi) is 5.28. The third-order valence-electron chi connectivity index (χ3n) is 3.64. The number of carbonyl (C=O) groups is 1. The van der Waals surface area contributed by atoms with Crippen molar-refractivity contribution in [1.29, 1.82) is 0 Å². The van der Waals surface area contributed by atoms with Gasteiger partial charge >= 0.3 is 6.18 Å². The van der Waals surface area contributed by atoms with E-state index in [0.717, 1.165) is 18.4 Å². The number of ether oxygens (including phenoxy) is 1. The number of alkyl halides is 3. The number of nitrogens with two attached hydrogens (primary N) is 1. The Balaban J connectivity index is 1.77. The predicted octanol–water partition coefficient (Wildman–Crippen LogP) is 2.37. The molecule has 2 unspecified atom stereocenters. The van der Waals surface area contributed by atoms with Crippen molar-refractivity contribution in [2.75, 3.05) is 6.61 Å². The molecule has 3 N–H and O–H groups in total. The summed E-state index contributed by atoms with van der Waals surface area (Å²) in [5.41, 5.74) is 6.57. The fourth-order valence-corrected chi connectivity index (χ4v) is 2.46. The average Bonchev–Trinajstić information content (AvgIpc) is 2.89. The van der Waals surface area contributed by atoms with Crippen LogP contribution in [-0.4, -0.2) is 24.7 Å². The van der Waals surface area contributed by atoms with Gasteiger partial charge in [0.05, 0.1) is 0 Å². The van der Waals surface area contributed by atoms with Gasteiger partial charge in [-0.15, -0.1) is 0 Å². The highest BCUT2D eigenvalue weighted by molar-refractivity contribution is 5.79. The van der Waals surface area contributed by atoms with E-state index in [4.69, 9.17) is 5.73 Å². The van der Waals surface area contributed by atoms with Crippen molar-refractivity contribution >= 4 is 5.91 Å². The molecule has 1 aliphatic rings. The van der Waals surface area contributed by atoms with Crippen LogP contribution >= 0.6 is 0 Å². The Morgan fingerprint density at radius 1 is 1.27 bits per heavy atom. The van der Waals surface area contributed by atoms with Gasteiger partial charge in [0.1, 0.15) is 5.75 Å². The molecular weight excluding hydrogens is 297 g/mol. The number of benzene rings is 1. The van der Waals surface area contributed by atoms with Gasteiger partial charge in [-0.2, -0.15) is 13.2 Å². The molecule has 7 heteroatoms. The summed E-state index contributed by atoms with van der Waals surface area (Å²) in [5, 5.41) is 2.82. The molecule has 1 aromatic rings. The van der Waals surface area contributed by atoms with Gasteiger partial charge in [0, 0.05) is 18.5 Å². The zero-order valence-electron chi connectivity index (χ0n) is 12.0. The quantitative estimate of drug-likeness (QED) is 0.876. The summed E-state index contributed by atoms with van der Waals surface area (Å²) in [6, 6.07) is 6.27. The lowest BCUT2D eigenvalue weighted by molar-refractivity contribution is -0.153.